The third-order valence-electron chi connectivity index (χ3n) is 3.09. The van der Waals surface area contributed by atoms with E-state index in [9.17, 15) is 9.59 Å². The quantitative estimate of drug-likeness (QED) is 0.832. The number of aryl methyl sites for hydroxylation is 1. The Morgan fingerprint density at radius 2 is 2.16 bits per heavy atom. The number of aromatic nitrogens is 2. The number of hydrogen-bond acceptors (Lipinski definition) is 4. The number of aliphatic carboxylic acids is 1. The predicted octanol–water partition coefficient (Wildman–Crippen LogP) is 1.52. The van der Waals surface area contributed by atoms with Crippen LogP contribution in [0.3, 0.4) is 0 Å². The van der Waals surface area contributed by atoms with Crippen LogP contribution in [0.5, 0.6) is 0 Å². The predicted molar refractivity (Wildman–Crippen MR) is 68.1 cm³/mol. The molecule has 1 aliphatic rings. The highest BCUT2D eigenvalue weighted by Gasteiger charge is 2.33. The zero-order valence-electron chi connectivity index (χ0n) is 10.5. The molecule has 0 spiro atoms. The molecule has 6 nitrogen and oxygen atoms in total. The number of carboxylic acid groups (broad SMARTS) is 1. The minimum Gasteiger partial charge on any atom is -0.480 e. The Kier molecular flexibility index (Phi) is 3.99. The zero-order chi connectivity index (χ0) is 14.0. The Hall–Kier alpha value is -1.69. The van der Waals surface area contributed by atoms with Crippen molar-refractivity contribution >= 4 is 23.5 Å². The second-order valence-electron chi connectivity index (χ2n) is 4.51. The standard InChI is InChI=1S/C12H14ClN3O3/c1-7-6-8(15-12(13)14-7)10(17)16-5-3-2-4-9(16)11(18)19/h6,9H,2-5H2,1H3,(H,18,19)/t9-/m0/s1. The molecule has 1 amide bonds. The highest BCUT2D eigenvalue weighted by Crippen LogP contribution is 2.20. The maximum atomic E-state index is 12.3. The van der Waals surface area contributed by atoms with Gasteiger partial charge in [0.05, 0.1) is 0 Å². The van der Waals surface area contributed by atoms with Crippen LogP contribution in [0.4, 0.5) is 0 Å². The van der Waals surface area contributed by atoms with E-state index in [0.717, 1.165) is 12.8 Å². The summed E-state index contributed by atoms with van der Waals surface area (Å²) in [5.74, 6) is -1.38. The Labute approximate surface area is 115 Å². The average molecular weight is 284 g/mol. The lowest BCUT2D eigenvalue weighted by Crippen LogP contribution is -2.48. The smallest absolute Gasteiger partial charge is 0.326 e. The van der Waals surface area contributed by atoms with Crippen molar-refractivity contribution in [1.29, 1.82) is 0 Å². The molecule has 2 rings (SSSR count). The summed E-state index contributed by atoms with van der Waals surface area (Å²) in [6.07, 6.45) is 2.08. The third kappa shape index (κ3) is 3.01. The van der Waals surface area contributed by atoms with E-state index in [-0.39, 0.29) is 11.0 Å². The van der Waals surface area contributed by atoms with Crippen LogP contribution in [0.1, 0.15) is 35.4 Å². The summed E-state index contributed by atoms with van der Waals surface area (Å²) in [5.41, 5.74) is 0.720. The molecule has 102 valence electrons. The molecule has 1 fully saturated rings. The molecular weight excluding hydrogens is 270 g/mol. The summed E-state index contributed by atoms with van der Waals surface area (Å²) in [7, 11) is 0. The third-order valence-corrected chi connectivity index (χ3v) is 3.26. The van der Waals surface area contributed by atoms with Crippen molar-refractivity contribution in [1.82, 2.24) is 14.9 Å². The number of halogens is 1. The maximum absolute atomic E-state index is 12.3. The van der Waals surface area contributed by atoms with Gasteiger partial charge in [0, 0.05) is 12.2 Å². The molecule has 1 atom stereocenters. The van der Waals surface area contributed by atoms with Crippen LogP contribution in [-0.2, 0) is 4.79 Å². The van der Waals surface area contributed by atoms with E-state index in [1.54, 1.807) is 6.92 Å². The average Bonchev–Trinajstić information content (AvgIpc) is 2.36. The van der Waals surface area contributed by atoms with Crippen molar-refractivity contribution in [3.8, 4) is 0 Å². The van der Waals surface area contributed by atoms with Crippen LogP contribution in [0.25, 0.3) is 0 Å². The van der Waals surface area contributed by atoms with E-state index in [2.05, 4.69) is 9.97 Å². The molecule has 7 heteroatoms. The van der Waals surface area contributed by atoms with Crippen molar-refractivity contribution in [3.63, 3.8) is 0 Å². The van der Waals surface area contributed by atoms with Crippen molar-refractivity contribution in [2.45, 2.75) is 32.2 Å². The second kappa shape index (κ2) is 5.52. The highest BCUT2D eigenvalue weighted by atomic mass is 35.5. The van der Waals surface area contributed by atoms with Crippen LogP contribution in [-0.4, -0.2) is 44.4 Å². The molecule has 0 unspecified atom stereocenters. The molecule has 1 N–H and O–H groups in total. The molecule has 1 aromatic heterocycles. The molecule has 2 heterocycles. The number of amides is 1. The number of piperidine rings is 1. The van der Waals surface area contributed by atoms with Gasteiger partial charge in [-0.25, -0.2) is 14.8 Å². The first-order chi connectivity index (χ1) is 8.99. The van der Waals surface area contributed by atoms with Crippen LogP contribution >= 0.6 is 11.6 Å². The summed E-state index contributed by atoms with van der Waals surface area (Å²) in [4.78, 5) is 32.6. The number of likely N-dealkylation sites (tertiary alicyclic amines) is 1. The minimum atomic E-state index is -0.982. The fourth-order valence-corrected chi connectivity index (χ4v) is 2.44. The summed E-state index contributed by atoms with van der Waals surface area (Å²) < 4.78 is 0. The van der Waals surface area contributed by atoms with Crippen LogP contribution in [0.15, 0.2) is 6.07 Å². The molecule has 19 heavy (non-hydrogen) atoms. The van der Waals surface area contributed by atoms with Gasteiger partial charge in [-0.05, 0) is 43.9 Å². The Bertz CT molecular complexity index is 501. The summed E-state index contributed by atoms with van der Waals surface area (Å²) in [6.45, 7) is 2.13. The number of carbonyl (C=O) groups excluding carboxylic acids is 1. The van der Waals surface area contributed by atoms with E-state index in [1.807, 2.05) is 0 Å². The molecule has 0 aliphatic carbocycles. The van der Waals surface area contributed by atoms with Gasteiger partial charge in [0.25, 0.3) is 5.91 Å². The number of rotatable bonds is 2. The van der Waals surface area contributed by atoms with E-state index < -0.39 is 17.9 Å². The lowest BCUT2D eigenvalue weighted by atomic mass is 10.0. The number of nitrogens with zero attached hydrogens (tertiary/aromatic N) is 3. The topological polar surface area (TPSA) is 83.4 Å². The van der Waals surface area contributed by atoms with Crippen LogP contribution in [0.2, 0.25) is 5.28 Å². The molecule has 1 aliphatic heterocycles. The number of carbonyl (C=O) groups is 2. The normalized spacial score (nSPS) is 19.3. The monoisotopic (exact) mass is 283 g/mol. The Morgan fingerprint density at radius 1 is 1.42 bits per heavy atom. The molecular formula is C12H14ClN3O3. The van der Waals surface area contributed by atoms with Gasteiger partial charge in [0.1, 0.15) is 11.7 Å². The van der Waals surface area contributed by atoms with Crippen molar-refractivity contribution in [2.75, 3.05) is 6.54 Å². The number of hydrogen-bond donors (Lipinski definition) is 1. The largest absolute Gasteiger partial charge is 0.480 e. The van der Waals surface area contributed by atoms with E-state index in [1.165, 1.54) is 11.0 Å². The van der Waals surface area contributed by atoms with Gasteiger partial charge in [-0.2, -0.15) is 0 Å². The second-order valence-corrected chi connectivity index (χ2v) is 4.85. The lowest BCUT2D eigenvalue weighted by Gasteiger charge is -2.32. The van der Waals surface area contributed by atoms with Crippen LogP contribution in [0, 0.1) is 6.92 Å². The first-order valence-corrected chi connectivity index (χ1v) is 6.42. The Morgan fingerprint density at radius 3 is 2.79 bits per heavy atom. The van der Waals surface area contributed by atoms with Gasteiger partial charge in [-0.1, -0.05) is 0 Å². The maximum Gasteiger partial charge on any atom is 0.326 e. The van der Waals surface area contributed by atoms with E-state index >= 15 is 0 Å². The molecule has 0 aromatic carbocycles. The molecule has 0 saturated carbocycles. The van der Waals surface area contributed by atoms with E-state index in [0.29, 0.717) is 18.7 Å². The van der Waals surface area contributed by atoms with Gasteiger partial charge in [0.2, 0.25) is 5.28 Å². The van der Waals surface area contributed by atoms with E-state index in [4.69, 9.17) is 16.7 Å². The molecule has 0 bridgehead atoms. The SMILES string of the molecule is Cc1cc(C(=O)N2CCCC[C@H]2C(=O)O)nc(Cl)n1. The van der Waals surface area contributed by atoms with Crippen molar-refractivity contribution < 1.29 is 14.7 Å². The number of carboxylic acids is 1. The van der Waals surface area contributed by atoms with Crippen molar-refractivity contribution in [3.05, 3.63) is 22.7 Å². The highest BCUT2D eigenvalue weighted by molar-refractivity contribution is 6.28. The Balaban J connectivity index is 2.28. The molecule has 1 saturated heterocycles. The van der Waals surface area contributed by atoms with Gasteiger partial charge in [-0.3, -0.25) is 4.79 Å². The van der Waals surface area contributed by atoms with Crippen molar-refractivity contribution in [2.24, 2.45) is 0 Å². The fraction of sp³-hybridized carbons (Fsp3) is 0.500. The molecule has 1 aromatic rings. The fourth-order valence-electron chi connectivity index (χ4n) is 2.22. The van der Waals surface area contributed by atoms with Gasteiger partial charge < -0.3 is 10.0 Å². The summed E-state index contributed by atoms with van der Waals surface area (Å²) in [6, 6.07) is 0.733. The van der Waals surface area contributed by atoms with Gasteiger partial charge in [0.15, 0.2) is 0 Å². The minimum absolute atomic E-state index is 0.00719. The first-order valence-electron chi connectivity index (χ1n) is 6.04. The zero-order valence-corrected chi connectivity index (χ0v) is 11.2. The van der Waals surface area contributed by atoms with Gasteiger partial charge >= 0.3 is 5.97 Å². The molecule has 0 radical (unpaired) electrons. The summed E-state index contributed by atoms with van der Waals surface area (Å²) in [5, 5.41) is 9.15. The van der Waals surface area contributed by atoms with Crippen LogP contribution < -0.4 is 0 Å². The summed E-state index contributed by atoms with van der Waals surface area (Å²) >= 11 is 5.72. The van der Waals surface area contributed by atoms with Gasteiger partial charge in [-0.15, -0.1) is 0 Å². The lowest BCUT2D eigenvalue weighted by molar-refractivity contribution is -0.143. The first kappa shape index (κ1) is 13.7.